The van der Waals surface area contributed by atoms with E-state index in [9.17, 15) is 13.4 Å². The summed E-state index contributed by atoms with van der Waals surface area (Å²) in [5.74, 6) is -0.624. The van der Waals surface area contributed by atoms with Gasteiger partial charge in [0.2, 0.25) is 0 Å². The number of amides is 1. The van der Waals surface area contributed by atoms with E-state index in [0.717, 1.165) is 15.8 Å². The predicted molar refractivity (Wildman–Crippen MR) is 116 cm³/mol. The van der Waals surface area contributed by atoms with Crippen LogP contribution in [0.1, 0.15) is 9.67 Å². The maximum absolute atomic E-state index is 13.2. The predicted octanol–water partition coefficient (Wildman–Crippen LogP) is 4.67. The van der Waals surface area contributed by atoms with Crippen molar-refractivity contribution in [3.63, 3.8) is 0 Å². The lowest BCUT2D eigenvalue weighted by Gasteiger charge is -2.10. The number of hydrogen-bond donors (Lipinski definition) is 2. The quantitative estimate of drug-likeness (QED) is 0.465. The van der Waals surface area contributed by atoms with E-state index in [1.54, 1.807) is 48.9 Å². The number of nitrogens with one attached hydrogen (secondary N) is 1. The largest absolute Gasteiger partial charge is 0.397 e. The van der Waals surface area contributed by atoms with Crippen molar-refractivity contribution in [3.05, 3.63) is 71.5 Å². The summed E-state index contributed by atoms with van der Waals surface area (Å²) in [6, 6.07) is 14.8. The fraction of sp³-hybridized carbons (Fsp3) is 0.0476. The molecule has 4 aromatic rings. The van der Waals surface area contributed by atoms with Crippen LogP contribution < -0.4 is 11.1 Å². The number of halogens is 1. The number of nitrogen functional groups attached to an aromatic ring is 1. The van der Waals surface area contributed by atoms with Crippen molar-refractivity contribution in [2.45, 2.75) is 4.90 Å². The number of nitrogens with two attached hydrogens (primary N) is 1. The van der Waals surface area contributed by atoms with Gasteiger partial charge in [-0.3, -0.25) is 14.0 Å². The van der Waals surface area contributed by atoms with Crippen LogP contribution in [0.15, 0.2) is 65.7 Å². The second-order valence-electron chi connectivity index (χ2n) is 6.38. The molecule has 1 unspecified atom stereocenters. The summed E-state index contributed by atoms with van der Waals surface area (Å²) in [5, 5.41) is 2.83. The monoisotopic (exact) mass is 425 g/mol. The first-order valence-corrected chi connectivity index (χ1v) is 11.0. The van der Waals surface area contributed by atoms with Crippen molar-refractivity contribution in [1.29, 1.82) is 0 Å². The summed E-state index contributed by atoms with van der Waals surface area (Å²) in [7, 11) is -1.14. The molecule has 0 fully saturated rings. The molecular formula is C21H16FN3O2S2. The molecule has 3 N–H and O–H groups in total. The van der Waals surface area contributed by atoms with Crippen LogP contribution in [0.25, 0.3) is 21.3 Å². The topological polar surface area (TPSA) is 85.1 Å². The lowest BCUT2D eigenvalue weighted by atomic mass is 10.0. The van der Waals surface area contributed by atoms with Crippen LogP contribution in [0.2, 0.25) is 0 Å². The van der Waals surface area contributed by atoms with Crippen molar-refractivity contribution < 1.29 is 13.4 Å². The number of carbonyl (C=O) groups excluding carboxylic acids is 1. The standard InChI is InChI=1S/C21H16FN3O2S2/c1-29(27)15-9-19-18(24-11-15)10-20(28-19)21(26)25-17-8-13(4-7-16(17)23)12-2-5-14(22)6-3-12/h2-11H,23H2,1H3,(H,25,26). The van der Waals surface area contributed by atoms with E-state index in [-0.39, 0.29) is 11.7 Å². The van der Waals surface area contributed by atoms with Crippen molar-refractivity contribution in [2.24, 2.45) is 0 Å². The third-order valence-electron chi connectivity index (χ3n) is 4.38. The molecule has 5 nitrogen and oxygen atoms in total. The fourth-order valence-corrected chi connectivity index (χ4v) is 4.35. The van der Waals surface area contributed by atoms with Gasteiger partial charge in [-0.25, -0.2) is 4.39 Å². The van der Waals surface area contributed by atoms with E-state index in [2.05, 4.69) is 10.3 Å². The van der Waals surface area contributed by atoms with Gasteiger partial charge in [0, 0.05) is 12.5 Å². The van der Waals surface area contributed by atoms with Gasteiger partial charge >= 0.3 is 0 Å². The van der Waals surface area contributed by atoms with Gasteiger partial charge < -0.3 is 11.1 Å². The highest BCUT2D eigenvalue weighted by Gasteiger charge is 2.14. The zero-order valence-corrected chi connectivity index (χ0v) is 16.9. The Morgan fingerprint density at radius 3 is 2.55 bits per heavy atom. The normalized spacial score (nSPS) is 12.1. The van der Waals surface area contributed by atoms with Gasteiger partial charge in [-0.1, -0.05) is 18.2 Å². The molecule has 0 aliphatic carbocycles. The van der Waals surface area contributed by atoms with E-state index in [0.29, 0.717) is 26.7 Å². The van der Waals surface area contributed by atoms with Gasteiger partial charge in [-0.05, 0) is 47.5 Å². The Hall–Kier alpha value is -3.10. The number of aromatic nitrogens is 1. The lowest BCUT2D eigenvalue weighted by Crippen LogP contribution is -2.11. The molecule has 2 aromatic carbocycles. The maximum atomic E-state index is 13.2. The van der Waals surface area contributed by atoms with Crippen LogP contribution >= 0.6 is 11.3 Å². The Balaban J connectivity index is 1.62. The molecule has 2 aromatic heterocycles. The minimum Gasteiger partial charge on any atom is -0.397 e. The summed E-state index contributed by atoms with van der Waals surface area (Å²) in [5.41, 5.74) is 9.21. The molecule has 0 saturated heterocycles. The second-order valence-corrected chi connectivity index (χ2v) is 8.85. The molecule has 8 heteroatoms. The van der Waals surface area contributed by atoms with Gasteiger partial charge in [0.1, 0.15) is 5.82 Å². The van der Waals surface area contributed by atoms with Crippen LogP contribution in [0.5, 0.6) is 0 Å². The first-order valence-electron chi connectivity index (χ1n) is 8.60. The molecule has 0 aliphatic heterocycles. The van der Waals surface area contributed by atoms with Crippen molar-refractivity contribution in [2.75, 3.05) is 17.3 Å². The first kappa shape index (κ1) is 19.2. The zero-order chi connectivity index (χ0) is 20.5. The molecule has 0 saturated carbocycles. The van der Waals surface area contributed by atoms with Crippen LogP contribution in [-0.2, 0) is 10.8 Å². The average Bonchev–Trinajstić information content (AvgIpc) is 3.14. The summed E-state index contributed by atoms with van der Waals surface area (Å²) in [6.45, 7) is 0. The summed E-state index contributed by atoms with van der Waals surface area (Å²) in [4.78, 5) is 18.1. The number of nitrogens with zero attached hydrogens (tertiary/aromatic N) is 1. The molecule has 0 aliphatic rings. The van der Waals surface area contributed by atoms with Crippen molar-refractivity contribution in [3.8, 4) is 11.1 Å². The van der Waals surface area contributed by atoms with Crippen LogP contribution in [-0.4, -0.2) is 21.4 Å². The molecule has 2 heterocycles. The molecule has 0 radical (unpaired) electrons. The second kappa shape index (κ2) is 7.73. The van der Waals surface area contributed by atoms with Gasteiger partial charge in [0.15, 0.2) is 0 Å². The number of anilines is 2. The third-order valence-corrected chi connectivity index (χ3v) is 6.34. The van der Waals surface area contributed by atoms with Crippen LogP contribution in [0.4, 0.5) is 15.8 Å². The Morgan fingerprint density at radius 1 is 1.10 bits per heavy atom. The molecule has 0 spiro atoms. The van der Waals surface area contributed by atoms with E-state index in [4.69, 9.17) is 5.73 Å². The number of fused-ring (bicyclic) bond motifs is 1. The lowest BCUT2D eigenvalue weighted by molar-refractivity contribution is 0.103. The molecule has 1 atom stereocenters. The summed E-state index contributed by atoms with van der Waals surface area (Å²) < 4.78 is 25.6. The Kier molecular flexibility index (Phi) is 5.12. The SMILES string of the molecule is CS(=O)c1cnc2cc(C(=O)Nc3cc(-c4ccc(F)cc4)ccc3N)sc2c1. The molecule has 29 heavy (non-hydrogen) atoms. The molecular weight excluding hydrogens is 409 g/mol. The highest BCUT2D eigenvalue weighted by molar-refractivity contribution is 7.84. The fourth-order valence-electron chi connectivity index (χ4n) is 2.84. The minimum atomic E-state index is -1.14. The zero-order valence-electron chi connectivity index (χ0n) is 15.3. The number of rotatable bonds is 4. The van der Waals surface area contributed by atoms with Gasteiger partial charge in [-0.2, -0.15) is 0 Å². The van der Waals surface area contributed by atoms with Gasteiger partial charge in [0.05, 0.1) is 42.2 Å². The third kappa shape index (κ3) is 4.03. The van der Waals surface area contributed by atoms with E-state index < -0.39 is 10.8 Å². The van der Waals surface area contributed by atoms with Crippen molar-refractivity contribution >= 4 is 49.6 Å². The maximum Gasteiger partial charge on any atom is 0.265 e. The smallest absolute Gasteiger partial charge is 0.265 e. The van der Waals surface area contributed by atoms with E-state index in [1.807, 2.05) is 6.07 Å². The van der Waals surface area contributed by atoms with E-state index in [1.165, 1.54) is 23.5 Å². The van der Waals surface area contributed by atoms with Crippen LogP contribution in [0.3, 0.4) is 0 Å². The van der Waals surface area contributed by atoms with Crippen molar-refractivity contribution in [1.82, 2.24) is 4.98 Å². The Labute approximate surface area is 172 Å². The number of hydrogen-bond acceptors (Lipinski definition) is 5. The average molecular weight is 426 g/mol. The van der Waals surface area contributed by atoms with Gasteiger partial charge in [0.25, 0.3) is 5.91 Å². The van der Waals surface area contributed by atoms with E-state index >= 15 is 0 Å². The number of thiophene rings is 1. The molecule has 4 rings (SSSR count). The highest BCUT2D eigenvalue weighted by atomic mass is 32.2. The molecule has 0 bridgehead atoms. The number of carbonyl (C=O) groups is 1. The first-order chi connectivity index (χ1) is 13.9. The molecule has 1 amide bonds. The summed E-state index contributed by atoms with van der Waals surface area (Å²) in [6.07, 6.45) is 3.14. The van der Waals surface area contributed by atoms with Crippen LogP contribution in [0, 0.1) is 5.82 Å². The molecule has 146 valence electrons. The summed E-state index contributed by atoms with van der Waals surface area (Å²) >= 11 is 1.27. The Bertz CT molecular complexity index is 1250. The Morgan fingerprint density at radius 2 is 1.83 bits per heavy atom. The van der Waals surface area contributed by atoms with Gasteiger partial charge in [-0.15, -0.1) is 11.3 Å². The number of pyridine rings is 1. The number of benzene rings is 2. The highest BCUT2D eigenvalue weighted by Crippen LogP contribution is 2.30. The minimum absolute atomic E-state index is 0.310.